The maximum absolute atomic E-state index is 13.6. The number of hydrogen-bond donors (Lipinski definition) is 2. The van der Waals surface area contributed by atoms with Crippen LogP contribution in [0, 0.1) is 0 Å². The van der Waals surface area contributed by atoms with E-state index in [4.69, 9.17) is 14.2 Å². The van der Waals surface area contributed by atoms with Crippen LogP contribution in [0.1, 0.15) is 17.2 Å². The van der Waals surface area contributed by atoms with Gasteiger partial charge in [-0.25, -0.2) is 0 Å². The first-order valence-electron chi connectivity index (χ1n) is 11.7. The Hall–Kier alpha value is -4.46. The van der Waals surface area contributed by atoms with Crippen molar-refractivity contribution >= 4 is 28.4 Å². The highest BCUT2D eigenvalue weighted by atomic mass is 16.6. The molecule has 4 aromatic rings. The summed E-state index contributed by atoms with van der Waals surface area (Å²) in [5, 5.41) is 3.92. The zero-order valence-electron chi connectivity index (χ0n) is 20.1. The Bertz CT molecular complexity index is 1400. The van der Waals surface area contributed by atoms with Crippen molar-refractivity contribution in [2.75, 3.05) is 32.7 Å². The fourth-order valence-electron chi connectivity index (χ4n) is 4.38. The van der Waals surface area contributed by atoms with Gasteiger partial charge in [0, 0.05) is 35.9 Å². The molecular formula is C28H27N3O5. The van der Waals surface area contributed by atoms with Crippen LogP contribution in [-0.4, -0.2) is 49.1 Å². The Morgan fingerprint density at radius 3 is 2.56 bits per heavy atom. The van der Waals surface area contributed by atoms with Crippen molar-refractivity contribution in [2.45, 2.75) is 12.5 Å². The van der Waals surface area contributed by atoms with Crippen molar-refractivity contribution in [2.24, 2.45) is 0 Å². The molecule has 0 spiro atoms. The molecular weight excluding hydrogens is 458 g/mol. The van der Waals surface area contributed by atoms with Gasteiger partial charge in [-0.15, -0.1) is 0 Å². The van der Waals surface area contributed by atoms with E-state index in [1.54, 1.807) is 56.6 Å². The monoisotopic (exact) mass is 485 g/mol. The quantitative estimate of drug-likeness (QED) is 0.407. The molecule has 0 saturated carbocycles. The number of para-hydroxylation sites is 1. The number of ether oxygens (including phenoxy) is 3. The number of carbonyl (C=O) groups excluding carboxylic acids is 2. The highest BCUT2D eigenvalue weighted by Crippen LogP contribution is 2.33. The molecule has 1 atom stereocenters. The van der Waals surface area contributed by atoms with Gasteiger partial charge < -0.3 is 29.4 Å². The molecule has 2 amide bonds. The number of fused-ring (bicyclic) bond motifs is 2. The van der Waals surface area contributed by atoms with Gasteiger partial charge in [-0.2, -0.15) is 0 Å². The number of rotatable bonds is 7. The second-order valence-electron chi connectivity index (χ2n) is 8.56. The van der Waals surface area contributed by atoms with Gasteiger partial charge in [0.1, 0.15) is 25.0 Å². The zero-order chi connectivity index (χ0) is 25.1. The van der Waals surface area contributed by atoms with Gasteiger partial charge in [-0.1, -0.05) is 30.3 Å². The van der Waals surface area contributed by atoms with Crippen molar-refractivity contribution in [3.8, 4) is 17.2 Å². The number of aromatic amines is 1. The number of methoxy groups -OCH3 is 1. The number of nitrogens with one attached hydrogen (secondary N) is 2. The Morgan fingerprint density at radius 2 is 1.78 bits per heavy atom. The van der Waals surface area contributed by atoms with Crippen molar-refractivity contribution in [1.82, 2.24) is 9.88 Å². The van der Waals surface area contributed by atoms with E-state index in [1.165, 1.54) is 4.90 Å². The lowest BCUT2D eigenvalue weighted by Crippen LogP contribution is -2.39. The number of likely N-dealkylation sites (N-methyl/N-ethyl adjacent to an activating group) is 1. The summed E-state index contributed by atoms with van der Waals surface area (Å²) >= 11 is 0. The number of anilines is 1. The summed E-state index contributed by atoms with van der Waals surface area (Å²) in [5.41, 5.74) is 3.06. The SMILES string of the molecule is COc1ccc(C(C(=O)Nc2ccc3c(c2)OCCO3)N(C)C(=O)Cc2c[nH]c3ccccc23)cc1. The van der Waals surface area contributed by atoms with Gasteiger partial charge >= 0.3 is 0 Å². The van der Waals surface area contributed by atoms with Crippen LogP contribution >= 0.6 is 0 Å². The summed E-state index contributed by atoms with van der Waals surface area (Å²) in [4.78, 5) is 31.7. The van der Waals surface area contributed by atoms with E-state index >= 15 is 0 Å². The maximum Gasteiger partial charge on any atom is 0.251 e. The van der Waals surface area contributed by atoms with Crippen LogP contribution in [0.2, 0.25) is 0 Å². The molecule has 0 saturated heterocycles. The molecule has 1 aliphatic heterocycles. The lowest BCUT2D eigenvalue weighted by atomic mass is 10.0. The summed E-state index contributed by atoms with van der Waals surface area (Å²) in [6.45, 7) is 0.936. The molecule has 3 aromatic carbocycles. The van der Waals surface area contributed by atoms with Crippen molar-refractivity contribution < 1.29 is 23.8 Å². The largest absolute Gasteiger partial charge is 0.497 e. The van der Waals surface area contributed by atoms with Gasteiger partial charge in [0.2, 0.25) is 5.91 Å². The van der Waals surface area contributed by atoms with Crippen LogP contribution in [-0.2, 0) is 16.0 Å². The topological polar surface area (TPSA) is 92.9 Å². The first-order valence-corrected chi connectivity index (χ1v) is 11.7. The Kier molecular flexibility index (Phi) is 6.49. The molecule has 1 aliphatic rings. The molecule has 0 radical (unpaired) electrons. The first kappa shape index (κ1) is 23.3. The molecule has 0 aliphatic carbocycles. The van der Waals surface area contributed by atoms with E-state index in [0.717, 1.165) is 16.5 Å². The number of aromatic nitrogens is 1. The third-order valence-corrected chi connectivity index (χ3v) is 6.29. The first-order chi connectivity index (χ1) is 17.5. The lowest BCUT2D eigenvalue weighted by molar-refractivity contribution is -0.136. The highest BCUT2D eigenvalue weighted by Gasteiger charge is 2.29. The van der Waals surface area contributed by atoms with Crippen LogP contribution in [0.25, 0.3) is 10.9 Å². The molecule has 8 heteroatoms. The standard InChI is InChI=1S/C28H27N3O5/c1-31(26(32)15-19-17-29-23-6-4-3-5-22(19)23)27(18-7-10-21(34-2)11-8-18)28(33)30-20-9-12-24-25(16-20)36-14-13-35-24/h3-12,16-17,27,29H,13-15H2,1-2H3,(H,30,33). The van der Waals surface area contributed by atoms with E-state index in [-0.39, 0.29) is 18.2 Å². The molecule has 0 fully saturated rings. The van der Waals surface area contributed by atoms with E-state index in [1.807, 2.05) is 30.5 Å². The molecule has 36 heavy (non-hydrogen) atoms. The summed E-state index contributed by atoms with van der Waals surface area (Å²) in [5.74, 6) is 1.35. The maximum atomic E-state index is 13.6. The number of amides is 2. The van der Waals surface area contributed by atoms with Crippen LogP contribution in [0.15, 0.2) is 72.9 Å². The summed E-state index contributed by atoms with van der Waals surface area (Å²) in [6, 6.07) is 19.3. The molecule has 5 rings (SSSR count). The normalized spacial score (nSPS) is 13.2. The van der Waals surface area contributed by atoms with Crippen LogP contribution < -0.4 is 19.5 Å². The van der Waals surface area contributed by atoms with Crippen molar-refractivity contribution in [3.63, 3.8) is 0 Å². The second-order valence-corrected chi connectivity index (χ2v) is 8.56. The fraction of sp³-hybridized carbons (Fsp3) is 0.214. The van der Waals surface area contributed by atoms with Crippen molar-refractivity contribution in [1.29, 1.82) is 0 Å². The second kappa shape index (κ2) is 10.0. The average Bonchev–Trinajstić information content (AvgIpc) is 3.31. The van der Waals surface area contributed by atoms with Gasteiger partial charge in [-0.3, -0.25) is 9.59 Å². The molecule has 184 valence electrons. The van der Waals surface area contributed by atoms with Gasteiger partial charge in [0.05, 0.1) is 13.5 Å². The van der Waals surface area contributed by atoms with E-state index < -0.39 is 6.04 Å². The fourth-order valence-corrected chi connectivity index (χ4v) is 4.38. The average molecular weight is 486 g/mol. The van der Waals surface area contributed by atoms with Gasteiger partial charge in [-0.05, 0) is 41.5 Å². The predicted octanol–water partition coefficient (Wildman–Crippen LogP) is 4.33. The number of benzene rings is 3. The lowest BCUT2D eigenvalue weighted by Gasteiger charge is -2.28. The van der Waals surface area contributed by atoms with E-state index in [2.05, 4.69) is 10.3 Å². The number of hydrogen-bond acceptors (Lipinski definition) is 5. The Morgan fingerprint density at radius 1 is 1.03 bits per heavy atom. The molecule has 2 heterocycles. The summed E-state index contributed by atoms with van der Waals surface area (Å²) < 4.78 is 16.5. The molecule has 2 N–H and O–H groups in total. The summed E-state index contributed by atoms with van der Waals surface area (Å²) in [7, 11) is 3.23. The molecule has 0 bridgehead atoms. The van der Waals surface area contributed by atoms with Crippen LogP contribution in [0.3, 0.4) is 0 Å². The molecule has 8 nitrogen and oxygen atoms in total. The molecule has 1 unspecified atom stereocenters. The minimum atomic E-state index is -0.859. The number of H-pyrrole nitrogens is 1. The zero-order valence-corrected chi connectivity index (χ0v) is 20.1. The summed E-state index contributed by atoms with van der Waals surface area (Å²) in [6.07, 6.45) is 2.00. The minimum absolute atomic E-state index is 0.157. The Balaban J connectivity index is 1.41. The van der Waals surface area contributed by atoms with E-state index in [9.17, 15) is 9.59 Å². The predicted molar refractivity (Wildman–Crippen MR) is 137 cm³/mol. The van der Waals surface area contributed by atoms with Crippen molar-refractivity contribution in [3.05, 3.63) is 84.1 Å². The number of carbonyl (C=O) groups is 2. The van der Waals surface area contributed by atoms with Gasteiger partial charge in [0.25, 0.3) is 5.91 Å². The molecule has 1 aromatic heterocycles. The number of nitrogens with zero attached hydrogens (tertiary/aromatic N) is 1. The van der Waals surface area contributed by atoms with Crippen LogP contribution in [0.4, 0.5) is 5.69 Å². The smallest absolute Gasteiger partial charge is 0.251 e. The third-order valence-electron chi connectivity index (χ3n) is 6.29. The highest BCUT2D eigenvalue weighted by molar-refractivity contribution is 5.99. The Labute approximate surface area is 208 Å². The van der Waals surface area contributed by atoms with E-state index in [0.29, 0.717) is 41.7 Å². The minimum Gasteiger partial charge on any atom is -0.497 e. The third kappa shape index (κ3) is 4.70. The van der Waals surface area contributed by atoms with Crippen LogP contribution in [0.5, 0.6) is 17.2 Å². The van der Waals surface area contributed by atoms with Gasteiger partial charge in [0.15, 0.2) is 11.5 Å².